The number of rotatable bonds is 6. The van der Waals surface area contributed by atoms with Crippen LogP contribution in [0.1, 0.15) is 25.7 Å². The number of hydrogen-bond donors (Lipinski definition) is 2. The zero-order valence-electron chi connectivity index (χ0n) is 11.4. The van der Waals surface area contributed by atoms with E-state index in [2.05, 4.69) is 10.2 Å². The Morgan fingerprint density at radius 3 is 2.75 bits per heavy atom. The first-order valence-corrected chi connectivity index (χ1v) is 7.21. The molecule has 108 valence electrons. The summed E-state index contributed by atoms with van der Waals surface area (Å²) in [5.41, 5.74) is 6.22. The molecule has 0 spiro atoms. The van der Waals surface area contributed by atoms with Crippen LogP contribution in [0.3, 0.4) is 0 Å². The monoisotopic (exact) mass is 277 g/mol. The maximum Gasteiger partial charge on any atom is 0.238 e. The fraction of sp³-hybridized carbons (Fsp3) is 0.533. The third-order valence-corrected chi connectivity index (χ3v) is 3.86. The van der Waals surface area contributed by atoms with Gasteiger partial charge in [-0.15, -0.1) is 0 Å². The lowest BCUT2D eigenvalue weighted by Crippen LogP contribution is -2.36. The van der Waals surface area contributed by atoms with Crippen LogP contribution in [0.25, 0.3) is 0 Å². The Balaban J connectivity index is 1.58. The lowest BCUT2D eigenvalue weighted by Gasteiger charge is -2.21. The first-order chi connectivity index (χ1) is 9.61. The van der Waals surface area contributed by atoms with E-state index in [9.17, 15) is 9.18 Å². The number of amides is 1. The van der Waals surface area contributed by atoms with Gasteiger partial charge in [-0.3, -0.25) is 9.69 Å². The second kappa shape index (κ2) is 5.40. The van der Waals surface area contributed by atoms with Crippen LogP contribution in [-0.2, 0) is 4.79 Å². The first kappa shape index (κ1) is 13.4. The lowest BCUT2D eigenvalue weighted by molar-refractivity contribution is -0.117. The highest BCUT2D eigenvalue weighted by Crippen LogP contribution is 2.34. The van der Waals surface area contributed by atoms with Gasteiger partial charge in [-0.05, 0) is 49.8 Å². The molecule has 1 aromatic carbocycles. The molecule has 0 saturated heterocycles. The molecule has 2 fully saturated rings. The number of benzene rings is 1. The Labute approximate surface area is 118 Å². The van der Waals surface area contributed by atoms with Crippen molar-refractivity contribution < 1.29 is 9.18 Å². The Bertz CT molecular complexity index is 512. The molecule has 1 amide bonds. The molecule has 0 bridgehead atoms. The first-order valence-electron chi connectivity index (χ1n) is 7.21. The Hall–Kier alpha value is -1.62. The molecule has 0 aromatic heterocycles. The van der Waals surface area contributed by atoms with Gasteiger partial charge in [-0.2, -0.15) is 0 Å². The SMILES string of the molecule is Nc1ccc(F)c(NC(=O)CN(CC2CC2)C2CC2)c1. The van der Waals surface area contributed by atoms with Gasteiger partial charge >= 0.3 is 0 Å². The number of nitrogens with two attached hydrogens (primary N) is 1. The Kier molecular flexibility index (Phi) is 3.61. The molecule has 0 unspecified atom stereocenters. The van der Waals surface area contributed by atoms with Gasteiger partial charge in [0.05, 0.1) is 12.2 Å². The number of nitrogens with zero attached hydrogens (tertiary/aromatic N) is 1. The molecule has 1 aromatic rings. The van der Waals surface area contributed by atoms with E-state index >= 15 is 0 Å². The molecule has 4 nitrogen and oxygen atoms in total. The van der Waals surface area contributed by atoms with Crippen molar-refractivity contribution in [3.63, 3.8) is 0 Å². The highest BCUT2D eigenvalue weighted by molar-refractivity contribution is 5.92. The van der Waals surface area contributed by atoms with Crippen molar-refractivity contribution in [1.29, 1.82) is 0 Å². The molecule has 2 aliphatic carbocycles. The summed E-state index contributed by atoms with van der Waals surface area (Å²) < 4.78 is 13.6. The van der Waals surface area contributed by atoms with Crippen molar-refractivity contribution >= 4 is 17.3 Å². The predicted molar refractivity (Wildman–Crippen MR) is 76.8 cm³/mol. The summed E-state index contributed by atoms with van der Waals surface area (Å²) in [4.78, 5) is 14.3. The summed E-state index contributed by atoms with van der Waals surface area (Å²) in [7, 11) is 0. The summed E-state index contributed by atoms with van der Waals surface area (Å²) in [5, 5.41) is 2.62. The topological polar surface area (TPSA) is 58.4 Å². The van der Waals surface area contributed by atoms with Crippen molar-refractivity contribution in [3.8, 4) is 0 Å². The molecule has 0 heterocycles. The lowest BCUT2D eigenvalue weighted by atomic mass is 10.2. The van der Waals surface area contributed by atoms with Crippen molar-refractivity contribution in [1.82, 2.24) is 4.90 Å². The third kappa shape index (κ3) is 3.48. The van der Waals surface area contributed by atoms with Crippen LogP contribution in [0.2, 0.25) is 0 Å². The largest absolute Gasteiger partial charge is 0.399 e. The van der Waals surface area contributed by atoms with E-state index < -0.39 is 5.82 Å². The molecule has 0 atom stereocenters. The van der Waals surface area contributed by atoms with Crippen LogP contribution in [0, 0.1) is 11.7 Å². The van der Waals surface area contributed by atoms with Crippen LogP contribution in [0.4, 0.5) is 15.8 Å². The van der Waals surface area contributed by atoms with Crippen LogP contribution >= 0.6 is 0 Å². The van der Waals surface area contributed by atoms with Crippen molar-refractivity contribution in [3.05, 3.63) is 24.0 Å². The van der Waals surface area contributed by atoms with Gasteiger partial charge in [0, 0.05) is 18.3 Å². The molecular weight excluding hydrogens is 257 g/mol. The van der Waals surface area contributed by atoms with Gasteiger partial charge in [0.1, 0.15) is 5.82 Å². The Morgan fingerprint density at radius 2 is 2.10 bits per heavy atom. The van der Waals surface area contributed by atoms with E-state index in [4.69, 9.17) is 5.73 Å². The van der Waals surface area contributed by atoms with Crippen LogP contribution in [-0.4, -0.2) is 29.9 Å². The van der Waals surface area contributed by atoms with Crippen molar-refractivity contribution in [2.24, 2.45) is 5.92 Å². The molecule has 3 rings (SSSR count). The number of nitrogen functional groups attached to an aromatic ring is 1. The normalized spacial score (nSPS) is 18.3. The molecule has 20 heavy (non-hydrogen) atoms. The summed E-state index contributed by atoms with van der Waals surface area (Å²) >= 11 is 0. The van der Waals surface area contributed by atoms with Gasteiger partial charge in [0.15, 0.2) is 0 Å². The van der Waals surface area contributed by atoms with E-state index in [0.717, 1.165) is 12.5 Å². The van der Waals surface area contributed by atoms with Gasteiger partial charge in [0.2, 0.25) is 5.91 Å². The highest BCUT2D eigenvalue weighted by atomic mass is 19.1. The maximum atomic E-state index is 13.6. The zero-order valence-corrected chi connectivity index (χ0v) is 11.4. The Morgan fingerprint density at radius 1 is 1.35 bits per heavy atom. The average molecular weight is 277 g/mol. The quantitative estimate of drug-likeness (QED) is 0.784. The fourth-order valence-corrected chi connectivity index (χ4v) is 2.43. The molecule has 0 aliphatic heterocycles. The smallest absolute Gasteiger partial charge is 0.238 e. The number of hydrogen-bond acceptors (Lipinski definition) is 3. The van der Waals surface area contributed by atoms with Gasteiger partial charge in [-0.1, -0.05) is 0 Å². The second-order valence-corrected chi connectivity index (χ2v) is 5.89. The molecule has 5 heteroatoms. The fourth-order valence-electron chi connectivity index (χ4n) is 2.43. The summed E-state index contributed by atoms with van der Waals surface area (Å²) in [6, 6.07) is 4.75. The summed E-state index contributed by atoms with van der Waals surface area (Å²) in [5.74, 6) is 0.141. The molecular formula is C15H20FN3O. The third-order valence-electron chi connectivity index (χ3n) is 3.86. The van der Waals surface area contributed by atoms with E-state index in [1.807, 2.05) is 0 Å². The molecule has 2 saturated carbocycles. The molecule has 2 aliphatic rings. The van der Waals surface area contributed by atoms with Crippen LogP contribution < -0.4 is 11.1 Å². The zero-order chi connectivity index (χ0) is 14.1. The minimum absolute atomic E-state index is 0.164. The standard InChI is InChI=1S/C15H20FN3O/c16-13-6-3-11(17)7-14(13)18-15(20)9-19(12-4-5-12)8-10-1-2-10/h3,6-7,10,12H,1-2,4-5,8-9,17H2,(H,18,20). The predicted octanol–water partition coefficient (Wildman–Crippen LogP) is 2.22. The second-order valence-electron chi connectivity index (χ2n) is 5.89. The highest BCUT2D eigenvalue weighted by Gasteiger charge is 2.34. The number of halogens is 1. The maximum absolute atomic E-state index is 13.6. The van der Waals surface area contributed by atoms with Gasteiger partial charge in [-0.25, -0.2) is 4.39 Å². The van der Waals surface area contributed by atoms with E-state index in [1.54, 1.807) is 0 Å². The van der Waals surface area contributed by atoms with E-state index in [0.29, 0.717) is 18.3 Å². The van der Waals surface area contributed by atoms with E-state index in [-0.39, 0.29) is 11.6 Å². The summed E-state index contributed by atoms with van der Waals surface area (Å²) in [6.07, 6.45) is 4.89. The number of carbonyl (C=O) groups excluding carboxylic acids is 1. The minimum Gasteiger partial charge on any atom is -0.399 e. The van der Waals surface area contributed by atoms with Gasteiger partial charge in [0.25, 0.3) is 0 Å². The van der Waals surface area contributed by atoms with Crippen LogP contribution in [0.5, 0.6) is 0 Å². The van der Waals surface area contributed by atoms with Crippen molar-refractivity contribution in [2.45, 2.75) is 31.7 Å². The molecule has 3 N–H and O–H groups in total. The number of nitrogens with one attached hydrogen (secondary N) is 1. The molecule has 0 radical (unpaired) electrons. The van der Waals surface area contributed by atoms with E-state index in [1.165, 1.54) is 43.9 Å². The number of carbonyl (C=O) groups is 1. The van der Waals surface area contributed by atoms with Crippen LogP contribution in [0.15, 0.2) is 18.2 Å². The van der Waals surface area contributed by atoms with Crippen molar-refractivity contribution in [2.75, 3.05) is 24.1 Å². The minimum atomic E-state index is -0.451. The van der Waals surface area contributed by atoms with Gasteiger partial charge < -0.3 is 11.1 Å². The summed E-state index contributed by atoms with van der Waals surface area (Å²) in [6.45, 7) is 1.34. The number of anilines is 2. The average Bonchev–Trinajstić information content (AvgIpc) is 3.25.